The second-order valence-electron chi connectivity index (χ2n) is 5.07. The summed E-state index contributed by atoms with van der Waals surface area (Å²) in [6.45, 7) is 6.88. The summed E-state index contributed by atoms with van der Waals surface area (Å²) in [6, 6.07) is 19.6. The summed E-state index contributed by atoms with van der Waals surface area (Å²) in [4.78, 5) is 0. The maximum absolute atomic E-state index is 2.32. The SMILES string of the molecule is CCC(C)c1ccccc1C(C)c1ccccc1. The molecule has 0 saturated heterocycles. The number of benzene rings is 2. The van der Waals surface area contributed by atoms with Gasteiger partial charge in [-0.3, -0.25) is 0 Å². The molecule has 0 aliphatic carbocycles. The van der Waals surface area contributed by atoms with E-state index in [-0.39, 0.29) is 0 Å². The van der Waals surface area contributed by atoms with Crippen molar-refractivity contribution in [2.45, 2.75) is 39.0 Å². The zero-order valence-electron chi connectivity index (χ0n) is 11.6. The van der Waals surface area contributed by atoms with E-state index in [1.165, 1.54) is 23.1 Å². The lowest BCUT2D eigenvalue weighted by atomic mass is 9.84. The molecule has 2 aromatic carbocycles. The highest BCUT2D eigenvalue weighted by Crippen LogP contribution is 2.31. The van der Waals surface area contributed by atoms with Gasteiger partial charge >= 0.3 is 0 Å². The molecule has 0 heteroatoms. The van der Waals surface area contributed by atoms with Crippen molar-refractivity contribution in [3.8, 4) is 0 Å². The Hall–Kier alpha value is -1.56. The Labute approximate surface area is 111 Å². The van der Waals surface area contributed by atoms with Gasteiger partial charge in [-0.25, -0.2) is 0 Å². The first-order valence-corrected chi connectivity index (χ1v) is 6.87. The van der Waals surface area contributed by atoms with Gasteiger partial charge in [0, 0.05) is 5.92 Å². The first kappa shape index (κ1) is 12.9. The fourth-order valence-corrected chi connectivity index (χ4v) is 2.50. The van der Waals surface area contributed by atoms with Gasteiger partial charge in [0.2, 0.25) is 0 Å². The Kier molecular flexibility index (Phi) is 4.19. The molecule has 0 amide bonds. The Morgan fingerprint density at radius 2 is 1.33 bits per heavy atom. The topological polar surface area (TPSA) is 0 Å². The first-order chi connectivity index (χ1) is 8.74. The Morgan fingerprint density at radius 3 is 1.94 bits per heavy atom. The van der Waals surface area contributed by atoms with E-state index in [1.807, 2.05) is 0 Å². The highest BCUT2D eigenvalue weighted by Gasteiger charge is 2.14. The number of hydrogen-bond acceptors (Lipinski definition) is 0. The van der Waals surface area contributed by atoms with Gasteiger partial charge in [-0.2, -0.15) is 0 Å². The molecule has 0 radical (unpaired) electrons. The molecule has 0 aromatic heterocycles. The van der Waals surface area contributed by atoms with Gasteiger partial charge in [0.25, 0.3) is 0 Å². The van der Waals surface area contributed by atoms with Crippen molar-refractivity contribution >= 4 is 0 Å². The summed E-state index contributed by atoms with van der Waals surface area (Å²) in [5.41, 5.74) is 4.36. The van der Waals surface area contributed by atoms with Gasteiger partial charge in [0.15, 0.2) is 0 Å². The smallest absolute Gasteiger partial charge is 0.00638 e. The van der Waals surface area contributed by atoms with Gasteiger partial charge in [-0.1, -0.05) is 75.4 Å². The molecule has 2 unspecified atom stereocenters. The van der Waals surface area contributed by atoms with E-state index in [2.05, 4.69) is 75.4 Å². The molecule has 18 heavy (non-hydrogen) atoms. The number of rotatable bonds is 4. The Morgan fingerprint density at radius 1 is 0.778 bits per heavy atom. The lowest BCUT2D eigenvalue weighted by Crippen LogP contribution is -2.03. The van der Waals surface area contributed by atoms with Crippen LogP contribution in [0.3, 0.4) is 0 Å². The van der Waals surface area contributed by atoms with Crippen molar-refractivity contribution in [2.24, 2.45) is 0 Å². The molecule has 0 aliphatic heterocycles. The molecule has 0 saturated carbocycles. The molecule has 0 fully saturated rings. The average molecular weight is 238 g/mol. The minimum absolute atomic E-state index is 0.469. The van der Waals surface area contributed by atoms with Gasteiger partial charge in [0.05, 0.1) is 0 Å². The van der Waals surface area contributed by atoms with Crippen LogP contribution in [-0.2, 0) is 0 Å². The highest BCUT2D eigenvalue weighted by molar-refractivity contribution is 5.38. The first-order valence-electron chi connectivity index (χ1n) is 6.87. The van der Waals surface area contributed by atoms with E-state index in [1.54, 1.807) is 0 Å². The lowest BCUT2D eigenvalue weighted by Gasteiger charge is -2.20. The van der Waals surface area contributed by atoms with Crippen LogP contribution < -0.4 is 0 Å². The second-order valence-corrected chi connectivity index (χ2v) is 5.07. The van der Waals surface area contributed by atoms with Crippen molar-refractivity contribution in [2.75, 3.05) is 0 Å². The average Bonchev–Trinajstić information content (AvgIpc) is 2.46. The molecule has 0 nitrogen and oxygen atoms in total. The van der Waals surface area contributed by atoms with E-state index >= 15 is 0 Å². The standard InChI is InChI=1S/C18H22/c1-4-14(2)17-12-8-9-13-18(17)15(3)16-10-6-5-7-11-16/h5-15H,4H2,1-3H3. The van der Waals surface area contributed by atoms with Crippen LogP contribution in [0.15, 0.2) is 54.6 Å². The largest absolute Gasteiger partial charge is 0.0648 e. The molecule has 0 aliphatic rings. The van der Waals surface area contributed by atoms with Gasteiger partial charge in [-0.05, 0) is 29.0 Å². The van der Waals surface area contributed by atoms with Crippen LogP contribution in [0.5, 0.6) is 0 Å². The molecule has 2 aromatic rings. The summed E-state index contributed by atoms with van der Waals surface area (Å²) >= 11 is 0. The summed E-state index contributed by atoms with van der Waals surface area (Å²) in [5.74, 6) is 1.10. The van der Waals surface area contributed by atoms with E-state index in [0.29, 0.717) is 11.8 Å². The van der Waals surface area contributed by atoms with Crippen molar-refractivity contribution in [3.05, 3.63) is 71.3 Å². The minimum atomic E-state index is 0.469. The molecular formula is C18H22. The predicted octanol–water partition coefficient (Wildman–Crippen LogP) is 5.35. The van der Waals surface area contributed by atoms with Crippen LogP contribution >= 0.6 is 0 Å². The van der Waals surface area contributed by atoms with Crippen LogP contribution in [0, 0.1) is 0 Å². The molecule has 0 N–H and O–H groups in total. The van der Waals surface area contributed by atoms with E-state index in [9.17, 15) is 0 Å². The lowest BCUT2D eigenvalue weighted by molar-refractivity contribution is 0.714. The molecule has 2 rings (SSSR count). The normalized spacial score (nSPS) is 14.2. The van der Waals surface area contributed by atoms with Crippen molar-refractivity contribution in [1.29, 1.82) is 0 Å². The fourth-order valence-electron chi connectivity index (χ4n) is 2.50. The predicted molar refractivity (Wildman–Crippen MR) is 79.1 cm³/mol. The Balaban J connectivity index is 2.39. The van der Waals surface area contributed by atoms with Crippen LogP contribution in [-0.4, -0.2) is 0 Å². The summed E-state index contributed by atoms with van der Waals surface area (Å²) in [6.07, 6.45) is 1.19. The van der Waals surface area contributed by atoms with Crippen molar-refractivity contribution in [3.63, 3.8) is 0 Å². The second kappa shape index (κ2) is 5.86. The molecule has 94 valence electrons. The van der Waals surface area contributed by atoms with Crippen LogP contribution in [0.2, 0.25) is 0 Å². The summed E-state index contributed by atoms with van der Waals surface area (Å²) in [5, 5.41) is 0. The molecule has 0 bridgehead atoms. The monoisotopic (exact) mass is 238 g/mol. The van der Waals surface area contributed by atoms with Gasteiger partial charge < -0.3 is 0 Å². The quantitative estimate of drug-likeness (QED) is 0.673. The van der Waals surface area contributed by atoms with Crippen molar-refractivity contribution in [1.82, 2.24) is 0 Å². The summed E-state index contributed by atoms with van der Waals surface area (Å²) in [7, 11) is 0. The number of hydrogen-bond donors (Lipinski definition) is 0. The zero-order valence-corrected chi connectivity index (χ0v) is 11.6. The molecule has 0 spiro atoms. The summed E-state index contributed by atoms with van der Waals surface area (Å²) < 4.78 is 0. The third-order valence-electron chi connectivity index (χ3n) is 3.91. The third kappa shape index (κ3) is 2.64. The van der Waals surface area contributed by atoms with Crippen LogP contribution in [0.4, 0.5) is 0 Å². The van der Waals surface area contributed by atoms with Gasteiger partial charge in [-0.15, -0.1) is 0 Å². The van der Waals surface area contributed by atoms with Crippen LogP contribution in [0.1, 0.15) is 55.7 Å². The van der Waals surface area contributed by atoms with E-state index in [4.69, 9.17) is 0 Å². The highest BCUT2D eigenvalue weighted by atomic mass is 14.2. The maximum atomic E-state index is 2.32. The maximum Gasteiger partial charge on any atom is 0.00638 e. The van der Waals surface area contributed by atoms with Crippen LogP contribution in [0.25, 0.3) is 0 Å². The molecule has 0 heterocycles. The molecule has 2 atom stereocenters. The minimum Gasteiger partial charge on any atom is -0.0648 e. The zero-order chi connectivity index (χ0) is 13.0. The fraction of sp³-hybridized carbons (Fsp3) is 0.333. The molecular weight excluding hydrogens is 216 g/mol. The Bertz CT molecular complexity index is 484. The van der Waals surface area contributed by atoms with E-state index in [0.717, 1.165) is 0 Å². The van der Waals surface area contributed by atoms with Gasteiger partial charge in [0.1, 0.15) is 0 Å². The van der Waals surface area contributed by atoms with E-state index < -0.39 is 0 Å². The van der Waals surface area contributed by atoms with Crippen molar-refractivity contribution < 1.29 is 0 Å². The third-order valence-corrected chi connectivity index (χ3v) is 3.91.